The Kier molecular flexibility index (Phi) is 3.30. The Balaban J connectivity index is 2.16. The van der Waals surface area contributed by atoms with Crippen molar-refractivity contribution >= 4 is 17.3 Å². The van der Waals surface area contributed by atoms with Gasteiger partial charge >= 0.3 is 5.97 Å². The predicted octanol–water partition coefficient (Wildman–Crippen LogP) is 2.54. The largest absolute Gasteiger partial charge is 0.481 e. The van der Waals surface area contributed by atoms with Crippen LogP contribution in [0.15, 0.2) is 48.7 Å². The van der Waals surface area contributed by atoms with E-state index in [9.17, 15) is 14.9 Å². The molecule has 2 aromatic heterocycles. The summed E-state index contributed by atoms with van der Waals surface area (Å²) in [4.78, 5) is 25.8. The van der Waals surface area contributed by atoms with Crippen molar-refractivity contribution < 1.29 is 14.8 Å². The van der Waals surface area contributed by atoms with Crippen LogP contribution in [0.2, 0.25) is 0 Å². The van der Waals surface area contributed by atoms with Gasteiger partial charge in [-0.3, -0.25) is 14.9 Å². The van der Waals surface area contributed by atoms with Crippen LogP contribution in [0.4, 0.5) is 5.69 Å². The van der Waals surface area contributed by atoms with E-state index in [1.165, 1.54) is 12.1 Å². The van der Waals surface area contributed by atoms with Gasteiger partial charge in [-0.05, 0) is 24.3 Å². The summed E-state index contributed by atoms with van der Waals surface area (Å²) in [6.45, 7) is 0. The van der Waals surface area contributed by atoms with Gasteiger partial charge in [0.25, 0.3) is 5.69 Å². The quantitative estimate of drug-likeness (QED) is 0.589. The Morgan fingerprint density at radius 1 is 1.23 bits per heavy atom. The van der Waals surface area contributed by atoms with E-state index in [4.69, 9.17) is 5.11 Å². The third kappa shape index (κ3) is 2.39. The third-order valence-corrected chi connectivity index (χ3v) is 3.30. The molecule has 0 spiro atoms. The van der Waals surface area contributed by atoms with Crippen LogP contribution in [0.1, 0.15) is 5.69 Å². The number of carbonyl (C=O) groups is 1. The molecule has 0 saturated carbocycles. The molecule has 22 heavy (non-hydrogen) atoms. The molecule has 1 aromatic carbocycles. The molecule has 0 aliphatic carbocycles. The maximum Gasteiger partial charge on any atom is 0.309 e. The highest BCUT2D eigenvalue weighted by atomic mass is 16.6. The number of nitrogens with zero attached hydrogens (tertiary/aromatic N) is 3. The number of carboxylic acids is 1. The lowest BCUT2D eigenvalue weighted by molar-refractivity contribution is -0.384. The third-order valence-electron chi connectivity index (χ3n) is 3.30. The molecule has 0 unspecified atom stereocenters. The lowest BCUT2D eigenvalue weighted by atomic mass is 10.1. The Labute approximate surface area is 124 Å². The zero-order valence-corrected chi connectivity index (χ0v) is 11.3. The SMILES string of the molecule is O=C(O)Cc1c(-c2ccc([N+](=O)[O-])cc2)nc2ccccn12. The molecule has 7 nitrogen and oxygen atoms in total. The van der Waals surface area contributed by atoms with Crippen LogP contribution in [0, 0.1) is 10.1 Å². The smallest absolute Gasteiger partial charge is 0.309 e. The van der Waals surface area contributed by atoms with Gasteiger partial charge in [0, 0.05) is 23.9 Å². The first-order valence-electron chi connectivity index (χ1n) is 6.49. The summed E-state index contributed by atoms with van der Waals surface area (Å²) in [5.74, 6) is -0.964. The Morgan fingerprint density at radius 3 is 2.59 bits per heavy atom. The second kappa shape index (κ2) is 5.28. The summed E-state index contributed by atoms with van der Waals surface area (Å²) in [6, 6.07) is 11.3. The molecule has 0 aliphatic heterocycles. The average molecular weight is 297 g/mol. The maximum absolute atomic E-state index is 11.1. The van der Waals surface area contributed by atoms with Gasteiger partial charge in [-0.1, -0.05) is 6.07 Å². The molecule has 0 radical (unpaired) electrons. The molecule has 0 aliphatic rings. The number of aliphatic carboxylic acids is 1. The minimum atomic E-state index is -0.964. The standard InChI is InChI=1S/C15H11N3O4/c19-14(20)9-12-15(16-13-3-1-2-8-17(12)13)10-4-6-11(7-5-10)18(21)22/h1-8H,9H2,(H,19,20). The van der Waals surface area contributed by atoms with E-state index >= 15 is 0 Å². The summed E-state index contributed by atoms with van der Waals surface area (Å²) >= 11 is 0. The van der Waals surface area contributed by atoms with Crippen LogP contribution < -0.4 is 0 Å². The first-order chi connectivity index (χ1) is 10.6. The highest BCUT2D eigenvalue weighted by Gasteiger charge is 2.17. The van der Waals surface area contributed by atoms with Crippen LogP contribution in [0.3, 0.4) is 0 Å². The molecule has 3 aromatic rings. The summed E-state index contributed by atoms with van der Waals surface area (Å²) in [7, 11) is 0. The van der Waals surface area contributed by atoms with Crippen LogP contribution in [-0.4, -0.2) is 25.4 Å². The summed E-state index contributed by atoms with van der Waals surface area (Å²) in [5.41, 5.74) is 2.31. The van der Waals surface area contributed by atoms with Crippen LogP contribution in [-0.2, 0) is 11.2 Å². The zero-order chi connectivity index (χ0) is 15.7. The minimum absolute atomic E-state index is 0.0210. The van der Waals surface area contributed by atoms with Gasteiger partial charge in [0.1, 0.15) is 5.65 Å². The van der Waals surface area contributed by atoms with Crippen molar-refractivity contribution in [3.63, 3.8) is 0 Å². The fraction of sp³-hybridized carbons (Fsp3) is 0.0667. The maximum atomic E-state index is 11.1. The topological polar surface area (TPSA) is 97.7 Å². The van der Waals surface area contributed by atoms with Gasteiger partial charge in [-0.25, -0.2) is 4.98 Å². The minimum Gasteiger partial charge on any atom is -0.481 e. The van der Waals surface area contributed by atoms with Gasteiger partial charge < -0.3 is 9.51 Å². The number of carboxylic acid groups (broad SMARTS) is 1. The average Bonchev–Trinajstić information content (AvgIpc) is 2.86. The molecule has 0 saturated heterocycles. The lowest BCUT2D eigenvalue weighted by Crippen LogP contribution is -2.04. The van der Waals surface area contributed by atoms with Gasteiger partial charge in [-0.15, -0.1) is 0 Å². The van der Waals surface area contributed by atoms with Gasteiger partial charge in [-0.2, -0.15) is 0 Å². The molecule has 0 bridgehead atoms. The second-order valence-corrected chi connectivity index (χ2v) is 4.71. The Hall–Kier alpha value is -3.22. The van der Waals surface area contributed by atoms with Crippen molar-refractivity contribution in [2.75, 3.05) is 0 Å². The van der Waals surface area contributed by atoms with E-state index < -0.39 is 10.9 Å². The Morgan fingerprint density at radius 2 is 1.95 bits per heavy atom. The van der Waals surface area contributed by atoms with E-state index in [0.29, 0.717) is 22.6 Å². The first kappa shape index (κ1) is 13.7. The number of fused-ring (bicyclic) bond motifs is 1. The van der Waals surface area contributed by atoms with E-state index in [0.717, 1.165) is 0 Å². The van der Waals surface area contributed by atoms with Crippen molar-refractivity contribution in [2.45, 2.75) is 6.42 Å². The van der Waals surface area contributed by atoms with Crippen molar-refractivity contribution in [3.05, 3.63) is 64.5 Å². The number of pyridine rings is 1. The number of aromatic nitrogens is 2. The van der Waals surface area contributed by atoms with Crippen LogP contribution in [0.5, 0.6) is 0 Å². The zero-order valence-electron chi connectivity index (χ0n) is 11.3. The number of hydrogen-bond acceptors (Lipinski definition) is 4. The van der Waals surface area contributed by atoms with Gasteiger partial charge in [0.15, 0.2) is 0 Å². The van der Waals surface area contributed by atoms with Crippen molar-refractivity contribution in [3.8, 4) is 11.3 Å². The number of imidazole rings is 1. The number of nitro groups is 1. The molecular weight excluding hydrogens is 286 g/mol. The molecular formula is C15H11N3O4. The Bertz CT molecular complexity index is 868. The number of nitro benzene ring substituents is 1. The molecule has 1 N–H and O–H groups in total. The van der Waals surface area contributed by atoms with Gasteiger partial charge in [0.05, 0.1) is 22.7 Å². The van der Waals surface area contributed by atoms with Crippen LogP contribution >= 0.6 is 0 Å². The van der Waals surface area contributed by atoms with Gasteiger partial charge in [0.2, 0.25) is 0 Å². The molecule has 3 rings (SSSR count). The second-order valence-electron chi connectivity index (χ2n) is 4.71. The molecule has 0 fully saturated rings. The number of hydrogen-bond donors (Lipinski definition) is 1. The first-order valence-corrected chi connectivity index (χ1v) is 6.49. The number of non-ortho nitro benzene ring substituents is 1. The predicted molar refractivity (Wildman–Crippen MR) is 78.6 cm³/mol. The summed E-state index contributed by atoms with van der Waals surface area (Å²) in [6.07, 6.45) is 1.56. The molecule has 2 heterocycles. The van der Waals surface area contributed by atoms with Crippen molar-refractivity contribution in [1.82, 2.24) is 9.38 Å². The van der Waals surface area contributed by atoms with Crippen LogP contribution in [0.25, 0.3) is 16.9 Å². The van der Waals surface area contributed by atoms with E-state index in [1.54, 1.807) is 34.9 Å². The fourth-order valence-corrected chi connectivity index (χ4v) is 2.33. The molecule has 7 heteroatoms. The molecule has 110 valence electrons. The molecule has 0 amide bonds. The highest BCUT2D eigenvalue weighted by Crippen LogP contribution is 2.26. The highest BCUT2D eigenvalue weighted by molar-refractivity contribution is 5.76. The van der Waals surface area contributed by atoms with E-state index in [2.05, 4.69) is 4.98 Å². The monoisotopic (exact) mass is 297 g/mol. The fourth-order valence-electron chi connectivity index (χ4n) is 2.33. The summed E-state index contributed by atoms with van der Waals surface area (Å²) < 4.78 is 1.71. The van der Waals surface area contributed by atoms with E-state index in [-0.39, 0.29) is 12.1 Å². The number of benzene rings is 1. The summed E-state index contributed by atoms with van der Waals surface area (Å²) in [5, 5.41) is 19.8. The number of rotatable bonds is 4. The van der Waals surface area contributed by atoms with E-state index in [1.807, 2.05) is 6.07 Å². The van der Waals surface area contributed by atoms with Crippen molar-refractivity contribution in [2.24, 2.45) is 0 Å². The van der Waals surface area contributed by atoms with Crippen molar-refractivity contribution in [1.29, 1.82) is 0 Å². The normalized spacial score (nSPS) is 10.7. The lowest BCUT2D eigenvalue weighted by Gasteiger charge is -2.02. The molecule has 0 atom stereocenters.